The second-order valence-electron chi connectivity index (χ2n) is 4.17. The van der Waals surface area contributed by atoms with Gasteiger partial charge in [-0.05, 0) is 31.2 Å². The molecule has 0 aromatic heterocycles. The molecule has 17 heavy (non-hydrogen) atoms. The van der Waals surface area contributed by atoms with Gasteiger partial charge in [0.2, 0.25) is 10.0 Å². The molecule has 0 amide bonds. The van der Waals surface area contributed by atoms with Crippen molar-refractivity contribution in [3.63, 3.8) is 0 Å². The largest absolute Gasteiger partial charge is 0.312 e. The number of benzene rings is 1. The number of piperazine rings is 1. The number of sulfonamides is 1. The molecule has 0 aliphatic carbocycles. The molecule has 1 heterocycles. The zero-order valence-electron chi connectivity index (χ0n) is 9.56. The summed E-state index contributed by atoms with van der Waals surface area (Å²) in [6, 6.07) is 6.47. The maximum atomic E-state index is 12.3. The lowest BCUT2D eigenvalue weighted by Crippen LogP contribution is -2.51. The summed E-state index contributed by atoms with van der Waals surface area (Å²) in [5.74, 6) is 0. The maximum absolute atomic E-state index is 12.3. The molecule has 1 unspecified atom stereocenters. The smallest absolute Gasteiger partial charge is 0.243 e. The van der Waals surface area contributed by atoms with E-state index in [1.165, 1.54) is 4.31 Å². The average Bonchev–Trinajstić information content (AvgIpc) is 2.29. The van der Waals surface area contributed by atoms with Crippen molar-refractivity contribution < 1.29 is 8.42 Å². The number of hydrogen-bond acceptors (Lipinski definition) is 3. The lowest BCUT2D eigenvalue weighted by molar-refractivity contribution is 0.310. The van der Waals surface area contributed by atoms with Crippen LogP contribution in [0.2, 0.25) is 5.02 Å². The van der Waals surface area contributed by atoms with Crippen molar-refractivity contribution in [2.45, 2.75) is 17.9 Å². The van der Waals surface area contributed by atoms with Gasteiger partial charge in [-0.3, -0.25) is 0 Å². The summed E-state index contributed by atoms with van der Waals surface area (Å²) in [7, 11) is -3.38. The molecule has 0 bridgehead atoms. The van der Waals surface area contributed by atoms with E-state index >= 15 is 0 Å². The molecule has 6 heteroatoms. The van der Waals surface area contributed by atoms with Crippen LogP contribution in [0.4, 0.5) is 0 Å². The van der Waals surface area contributed by atoms with Gasteiger partial charge in [-0.15, -0.1) is 0 Å². The van der Waals surface area contributed by atoms with E-state index in [0.717, 1.165) is 0 Å². The van der Waals surface area contributed by atoms with Crippen molar-refractivity contribution in [3.05, 3.63) is 29.3 Å². The van der Waals surface area contributed by atoms with Crippen LogP contribution in [0.5, 0.6) is 0 Å². The molecule has 1 aliphatic rings. The van der Waals surface area contributed by atoms with E-state index in [0.29, 0.717) is 29.6 Å². The van der Waals surface area contributed by atoms with Gasteiger partial charge in [0.25, 0.3) is 0 Å². The predicted octanol–water partition coefficient (Wildman–Crippen LogP) is 1.32. The molecule has 0 radical (unpaired) electrons. The minimum absolute atomic E-state index is 0.186. The summed E-state index contributed by atoms with van der Waals surface area (Å²) >= 11 is 5.75. The highest BCUT2D eigenvalue weighted by Gasteiger charge is 2.28. The van der Waals surface area contributed by atoms with Gasteiger partial charge < -0.3 is 5.32 Å². The molecule has 2 rings (SSSR count). The average molecular weight is 275 g/mol. The Morgan fingerprint density at radius 2 is 2.00 bits per heavy atom. The molecular weight excluding hydrogens is 260 g/mol. The minimum Gasteiger partial charge on any atom is -0.312 e. The topological polar surface area (TPSA) is 49.4 Å². The first kappa shape index (κ1) is 12.8. The van der Waals surface area contributed by atoms with Gasteiger partial charge in [0.15, 0.2) is 0 Å². The predicted molar refractivity (Wildman–Crippen MR) is 67.7 cm³/mol. The highest BCUT2D eigenvalue weighted by molar-refractivity contribution is 7.89. The summed E-state index contributed by atoms with van der Waals surface area (Å²) in [5.41, 5.74) is 0. The number of halogens is 1. The van der Waals surface area contributed by atoms with Gasteiger partial charge in [0.05, 0.1) is 4.90 Å². The molecule has 1 N–H and O–H groups in total. The molecule has 1 saturated heterocycles. The Balaban J connectivity index is 2.26. The lowest BCUT2D eigenvalue weighted by atomic mass is 10.3. The van der Waals surface area contributed by atoms with Gasteiger partial charge in [-0.1, -0.05) is 11.6 Å². The van der Waals surface area contributed by atoms with E-state index in [-0.39, 0.29) is 6.04 Å². The summed E-state index contributed by atoms with van der Waals surface area (Å²) in [6.45, 7) is 3.68. The Morgan fingerprint density at radius 3 is 2.59 bits per heavy atom. The van der Waals surface area contributed by atoms with Crippen LogP contribution in [0.15, 0.2) is 29.2 Å². The quantitative estimate of drug-likeness (QED) is 0.885. The Bertz CT molecular complexity index is 487. The lowest BCUT2D eigenvalue weighted by Gasteiger charge is -2.30. The van der Waals surface area contributed by atoms with Crippen LogP contribution in [-0.2, 0) is 10.0 Å². The Hall–Kier alpha value is -0.620. The number of hydrogen-bond donors (Lipinski definition) is 1. The van der Waals surface area contributed by atoms with Gasteiger partial charge in [-0.2, -0.15) is 4.31 Å². The van der Waals surface area contributed by atoms with Gasteiger partial charge in [0.1, 0.15) is 0 Å². The minimum atomic E-state index is -3.38. The zero-order chi connectivity index (χ0) is 12.5. The van der Waals surface area contributed by atoms with E-state index in [9.17, 15) is 8.42 Å². The molecule has 1 aliphatic heterocycles. The molecule has 1 aromatic carbocycles. The normalized spacial score (nSPS) is 22.6. The second kappa shape index (κ2) is 4.94. The summed E-state index contributed by atoms with van der Waals surface area (Å²) < 4.78 is 26.1. The van der Waals surface area contributed by atoms with E-state index < -0.39 is 10.0 Å². The third-order valence-corrected chi connectivity index (χ3v) is 4.91. The highest BCUT2D eigenvalue weighted by atomic mass is 35.5. The fraction of sp³-hybridized carbons (Fsp3) is 0.455. The van der Waals surface area contributed by atoms with E-state index in [1.807, 2.05) is 6.92 Å². The maximum Gasteiger partial charge on any atom is 0.243 e. The monoisotopic (exact) mass is 274 g/mol. The summed E-state index contributed by atoms with van der Waals surface area (Å²) in [6.07, 6.45) is 0. The van der Waals surface area contributed by atoms with Crippen molar-refractivity contribution in [1.82, 2.24) is 9.62 Å². The Kier molecular flexibility index (Phi) is 3.73. The van der Waals surface area contributed by atoms with Crippen molar-refractivity contribution in [2.24, 2.45) is 0 Å². The van der Waals surface area contributed by atoms with Gasteiger partial charge in [-0.25, -0.2) is 8.42 Å². The SMILES string of the molecule is CC1CN(S(=O)(=O)c2ccc(Cl)cc2)CCN1. The zero-order valence-corrected chi connectivity index (χ0v) is 11.1. The van der Waals surface area contributed by atoms with Crippen LogP contribution in [0.1, 0.15) is 6.92 Å². The molecule has 1 fully saturated rings. The van der Waals surface area contributed by atoms with Crippen molar-refractivity contribution >= 4 is 21.6 Å². The first-order chi connectivity index (χ1) is 8.00. The van der Waals surface area contributed by atoms with E-state index in [4.69, 9.17) is 11.6 Å². The highest BCUT2D eigenvalue weighted by Crippen LogP contribution is 2.19. The summed E-state index contributed by atoms with van der Waals surface area (Å²) in [4.78, 5) is 0.302. The number of nitrogens with one attached hydrogen (secondary N) is 1. The van der Waals surface area contributed by atoms with Crippen LogP contribution in [0.25, 0.3) is 0 Å². The fourth-order valence-corrected chi connectivity index (χ4v) is 3.53. The van der Waals surface area contributed by atoms with Crippen molar-refractivity contribution in [1.29, 1.82) is 0 Å². The first-order valence-corrected chi connectivity index (χ1v) is 7.31. The van der Waals surface area contributed by atoms with Crippen LogP contribution in [0, 0.1) is 0 Å². The van der Waals surface area contributed by atoms with Gasteiger partial charge >= 0.3 is 0 Å². The molecule has 0 saturated carbocycles. The molecule has 1 aromatic rings. The Morgan fingerprint density at radius 1 is 1.35 bits per heavy atom. The standard InChI is InChI=1S/C11H15ClN2O2S/c1-9-8-14(7-6-13-9)17(15,16)11-4-2-10(12)3-5-11/h2-5,9,13H,6-8H2,1H3. The van der Waals surface area contributed by atoms with Crippen LogP contribution >= 0.6 is 11.6 Å². The van der Waals surface area contributed by atoms with Crippen molar-refractivity contribution in [3.8, 4) is 0 Å². The van der Waals surface area contributed by atoms with Crippen molar-refractivity contribution in [2.75, 3.05) is 19.6 Å². The van der Waals surface area contributed by atoms with E-state index in [1.54, 1.807) is 24.3 Å². The van der Waals surface area contributed by atoms with Crippen LogP contribution in [-0.4, -0.2) is 38.4 Å². The third kappa shape index (κ3) is 2.80. The number of nitrogens with zero attached hydrogens (tertiary/aromatic N) is 1. The second-order valence-corrected chi connectivity index (χ2v) is 6.55. The van der Waals surface area contributed by atoms with Gasteiger partial charge in [0, 0.05) is 30.7 Å². The van der Waals surface area contributed by atoms with Crippen LogP contribution < -0.4 is 5.32 Å². The number of rotatable bonds is 2. The molecule has 0 spiro atoms. The van der Waals surface area contributed by atoms with E-state index in [2.05, 4.69) is 5.32 Å². The van der Waals surface area contributed by atoms with Crippen LogP contribution in [0.3, 0.4) is 0 Å². The molecular formula is C11H15ClN2O2S. The first-order valence-electron chi connectivity index (χ1n) is 5.49. The summed E-state index contributed by atoms with van der Waals surface area (Å²) in [5, 5.41) is 3.76. The Labute approximate surface area is 107 Å². The molecule has 4 nitrogen and oxygen atoms in total. The fourth-order valence-electron chi connectivity index (χ4n) is 1.87. The molecule has 94 valence electrons. The molecule has 1 atom stereocenters. The third-order valence-electron chi connectivity index (χ3n) is 2.78.